The molecule has 3 N–H and O–H groups in total. The number of hydrogen-bond acceptors (Lipinski definition) is 5. The molecule has 0 aliphatic carbocycles. The van der Waals surface area contributed by atoms with E-state index in [-0.39, 0.29) is 27.4 Å². The lowest BCUT2D eigenvalue weighted by atomic mass is 9.81. The van der Waals surface area contributed by atoms with E-state index < -0.39 is 0 Å². The number of benzene rings is 1. The average molecular weight is 423 g/mol. The third kappa shape index (κ3) is 4.68. The summed E-state index contributed by atoms with van der Waals surface area (Å²) in [5, 5.41) is 31.6. The van der Waals surface area contributed by atoms with E-state index in [1.54, 1.807) is 0 Å². The number of allylic oxidation sites excluding steroid dienone is 2. The number of hydrogen-bond donors (Lipinski definition) is 3. The van der Waals surface area contributed by atoms with E-state index >= 15 is 0 Å². The number of aliphatic hydroxyl groups excluding tert-OH is 1. The minimum Gasteiger partial charge on any atom is -0.515 e. The van der Waals surface area contributed by atoms with Crippen molar-refractivity contribution in [2.24, 2.45) is 5.41 Å². The maximum atomic E-state index is 10.9. The first-order valence-corrected chi connectivity index (χ1v) is 11.9. The molecule has 3 nitrogen and oxygen atoms in total. The van der Waals surface area contributed by atoms with Crippen LogP contribution >= 0.6 is 23.5 Å². The fraction of sp³-hybridized carbons (Fsp3) is 0.565. The topological polar surface area (TPSA) is 60.7 Å². The van der Waals surface area contributed by atoms with Gasteiger partial charge in [-0.3, -0.25) is 0 Å². The van der Waals surface area contributed by atoms with Crippen LogP contribution in [-0.2, 0) is 0 Å². The van der Waals surface area contributed by atoms with Crippen LogP contribution in [-0.4, -0.2) is 26.8 Å². The van der Waals surface area contributed by atoms with Gasteiger partial charge in [0, 0.05) is 11.1 Å². The molecule has 0 aromatic heterocycles. The lowest BCUT2D eigenvalue weighted by Crippen LogP contribution is -2.11. The Labute approximate surface area is 178 Å². The monoisotopic (exact) mass is 422 g/mol. The Hall–Kier alpha value is -1.20. The van der Waals surface area contributed by atoms with Gasteiger partial charge in [-0.25, -0.2) is 0 Å². The highest BCUT2D eigenvalue weighted by Crippen LogP contribution is 2.53. The van der Waals surface area contributed by atoms with Crippen LogP contribution in [0.25, 0.3) is 6.08 Å². The van der Waals surface area contributed by atoms with Gasteiger partial charge in [-0.15, -0.1) is 23.5 Å². The standard InChI is InChI=1S/C23H34O3S2/c1-13(2)18-16(11-14(3)17(12-24)23(5,6)7)15(4)19(21(26)20(18)25)22-27-9-8-10-28-22/h11-13,22,24-26H,8-10H2,1-7H3/b14-11-,17-12-. The molecule has 1 fully saturated rings. The largest absolute Gasteiger partial charge is 0.515 e. The predicted octanol–water partition coefficient (Wildman–Crippen LogP) is 7.29. The van der Waals surface area contributed by atoms with Gasteiger partial charge in [0.15, 0.2) is 11.5 Å². The van der Waals surface area contributed by atoms with E-state index in [0.717, 1.165) is 44.9 Å². The third-order valence-corrected chi connectivity index (χ3v) is 8.14. The summed E-state index contributed by atoms with van der Waals surface area (Å²) in [6, 6.07) is 0. The number of phenols is 2. The molecule has 1 heterocycles. The van der Waals surface area contributed by atoms with Crippen molar-refractivity contribution in [2.45, 2.75) is 65.4 Å². The van der Waals surface area contributed by atoms with Crippen LogP contribution in [0, 0.1) is 12.3 Å². The number of rotatable bonds is 4. The lowest BCUT2D eigenvalue weighted by Gasteiger charge is -2.28. The fourth-order valence-electron chi connectivity index (χ4n) is 3.80. The highest BCUT2D eigenvalue weighted by Gasteiger charge is 2.29. The van der Waals surface area contributed by atoms with Gasteiger partial charge in [0.25, 0.3) is 0 Å². The van der Waals surface area contributed by atoms with Gasteiger partial charge in [0.1, 0.15) is 0 Å². The van der Waals surface area contributed by atoms with Gasteiger partial charge in [-0.2, -0.15) is 0 Å². The average Bonchev–Trinajstić information content (AvgIpc) is 2.60. The molecule has 0 saturated carbocycles. The van der Waals surface area contributed by atoms with Gasteiger partial charge in [-0.05, 0) is 65.4 Å². The van der Waals surface area contributed by atoms with E-state index in [1.807, 2.05) is 51.2 Å². The zero-order valence-electron chi connectivity index (χ0n) is 18.1. The summed E-state index contributed by atoms with van der Waals surface area (Å²) in [6.07, 6.45) is 4.41. The summed E-state index contributed by atoms with van der Waals surface area (Å²) < 4.78 is 0.129. The van der Waals surface area contributed by atoms with Crippen LogP contribution in [0.5, 0.6) is 11.5 Å². The van der Waals surface area contributed by atoms with E-state index in [1.165, 1.54) is 12.7 Å². The van der Waals surface area contributed by atoms with Gasteiger partial charge in [-0.1, -0.05) is 40.7 Å². The molecule has 0 atom stereocenters. The summed E-state index contributed by atoms with van der Waals surface area (Å²) in [4.78, 5) is 0. The van der Waals surface area contributed by atoms with Crippen molar-refractivity contribution in [3.05, 3.63) is 39.7 Å². The molecule has 28 heavy (non-hydrogen) atoms. The Kier molecular flexibility index (Phi) is 7.49. The van der Waals surface area contributed by atoms with Gasteiger partial charge in [0.05, 0.1) is 10.8 Å². The molecule has 1 aliphatic rings. The van der Waals surface area contributed by atoms with Crippen LogP contribution < -0.4 is 0 Å². The Bertz CT molecular complexity index is 780. The van der Waals surface area contributed by atoms with Crippen molar-refractivity contribution >= 4 is 29.6 Å². The van der Waals surface area contributed by atoms with Gasteiger partial charge < -0.3 is 15.3 Å². The van der Waals surface area contributed by atoms with E-state index in [4.69, 9.17) is 0 Å². The van der Waals surface area contributed by atoms with Gasteiger partial charge in [0.2, 0.25) is 0 Å². The molecule has 156 valence electrons. The molecule has 0 bridgehead atoms. The fourth-order valence-corrected chi connectivity index (χ4v) is 6.91. The highest BCUT2D eigenvalue weighted by atomic mass is 32.2. The zero-order chi connectivity index (χ0) is 21.2. The van der Waals surface area contributed by atoms with Crippen LogP contribution in [0.3, 0.4) is 0 Å². The molecule has 0 amide bonds. The van der Waals surface area contributed by atoms with Crippen molar-refractivity contribution in [1.29, 1.82) is 0 Å². The van der Waals surface area contributed by atoms with Crippen LogP contribution in [0.1, 0.15) is 80.7 Å². The second-order valence-electron chi connectivity index (χ2n) is 8.77. The summed E-state index contributed by atoms with van der Waals surface area (Å²) in [7, 11) is 0. The lowest BCUT2D eigenvalue weighted by molar-refractivity contribution is 0.394. The number of aliphatic hydroxyl groups is 1. The third-order valence-electron chi connectivity index (χ3n) is 5.20. The molecule has 0 spiro atoms. The number of aromatic hydroxyl groups is 2. The van der Waals surface area contributed by atoms with Crippen LogP contribution in [0.4, 0.5) is 0 Å². The Balaban J connectivity index is 2.74. The van der Waals surface area contributed by atoms with Gasteiger partial charge >= 0.3 is 0 Å². The van der Waals surface area contributed by atoms with Crippen molar-refractivity contribution in [3.63, 3.8) is 0 Å². The second kappa shape index (κ2) is 9.08. The quantitative estimate of drug-likeness (QED) is 0.270. The molecule has 2 rings (SSSR count). The molecule has 1 aromatic carbocycles. The molecule has 0 unspecified atom stereocenters. The normalized spacial score (nSPS) is 17.4. The smallest absolute Gasteiger partial charge is 0.163 e. The number of thioether (sulfide) groups is 2. The maximum Gasteiger partial charge on any atom is 0.163 e. The molecule has 1 aliphatic heterocycles. The zero-order valence-corrected chi connectivity index (χ0v) is 19.7. The second-order valence-corrected chi connectivity index (χ2v) is 11.5. The van der Waals surface area contributed by atoms with E-state index in [0.29, 0.717) is 0 Å². The predicted molar refractivity (Wildman–Crippen MR) is 125 cm³/mol. The van der Waals surface area contributed by atoms with Crippen molar-refractivity contribution < 1.29 is 15.3 Å². The molecular formula is C23H34O3S2. The minimum atomic E-state index is -0.196. The number of phenolic OH excluding ortho intramolecular Hbond substituents is 2. The maximum absolute atomic E-state index is 10.9. The van der Waals surface area contributed by atoms with Crippen molar-refractivity contribution in [1.82, 2.24) is 0 Å². The van der Waals surface area contributed by atoms with Crippen molar-refractivity contribution in [3.8, 4) is 11.5 Å². The first-order valence-electron chi connectivity index (χ1n) is 9.85. The molecule has 0 radical (unpaired) electrons. The highest BCUT2D eigenvalue weighted by molar-refractivity contribution is 8.16. The first-order chi connectivity index (χ1) is 13.0. The summed E-state index contributed by atoms with van der Waals surface area (Å²) in [5.41, 5.74) is 5.18. The van der Waals surface area contributed by atoms with Crippen LogP contribution in [0.2, 0.25) is 0 Å². The molecule has 1 saturated heterocycles. The Morgan fingerprint density at radius 2 is 1.68 bits per heavy atom. The molecular weight excluding hydrogens is 388 g/mol. The molecule has 1 aromatic rings. The van der Waals surface area contributed by atoms with E-state index in [2.05, 4.69) is 26.8 Å². The first kappa shape index (κ1) is 23.1. The Morgan fingerprint density at radius 3 is 2.14 bits per heavy atom. The summed E-state index contributed by atoms with van der Waals surface area (Å²) in [5.74, 6) is 2.20. The Morgan fingerprint density at radius 1 is 1.11 bits per heavy atom. The summed E-state index contributed by atoms with van der Waals surface area (Å²) >= 11 is 3.66. The van der Waals surface area contributed by atoms with Crippen LogP contribution in [0.15, 0.2) is 17.4 Å². The molecule has 5 heteroatoms. The minimum absolute atomic E-state index is 0.00768. The SMILES string of the molecule is CC(=C/c1c(C)c(C2SCCCS2)c(O)c(O)c1C(C)C)/C(=C/O)C(C)(C)C. The summed E-state index contributed by atoms with van der Waals surface area (Å²) in [6.45, 7) is 14.3. The van der Waals surface area contributed by atoms with Crippen molar-refractivity contribution in [2.75, 3.05) is 11.5 Å². The van der Waals surface area contributed by atoms with E-state index in [9.17, 15) is 15.3 Å².